The van der Waals surface area contributed by atoms with Crippen LogP contribution >= 0.6 is 0 Å². The van der Waals surface area contributed by atoms with Crippen molar-refractivity contribution in [2.24, 2.45) is 0 Å². The molecule has 0 bridgehead atoms. The summed E-state index contributed by atoms with van der Waals surface area (Å²) >= 11 is 0. The minimum absolute atomic E-state index is 0.0866. The van der Waals surface area contributed by atoms with Gasteiger partial charge in [0.15, 0.2) is 5.43 Å². The minimum Gasteiger partial charge on any atom is -0.456 e. The number of fused-ring (bicyclic) bond motifs is 1. The fourth-order valence-electron chi connectivity index (χ4n) is 1.58. The van der Waals surface area contributed by atoms with E-state index < -0.39 is 10.8 Å². The molecule has 17 heavy (non-hydrogen) atoms. The molecule has 1 heterocycles. The van der Waals surface area contributed by atoms with E-state index in [9.17, 15) is 9.00 Å². The highest BCUT2D eigenvalue weighted by molar-refractivity contribution is 7.87. The van der Waals surface area contributed by atoms with Gasteiger partial charge in [0.1, 0.15) is 11.3 Å². The summed E-state index contributed by atoms with van der Waals surface area (Å²) in [4.78, 5) is 11.8. The third-order valence-corrected chi connectivity index (χ3v) is 2.91. The van der Waals surface area contributed by atoms with Crippen molar-refractivity contribution < 1.29 is 8.63 Å². The highest BCUT2D eigenvalue weighted by Gasteiger charge is 2.04. The molecule has 4 heteroatoms. The summed E-state index contributed by atoms with van der Waals surface area (Å²) in [5.41, 5.74) is 1.41. The van der Waals surface area contributed by atoms with Crippen LogP contribution in [0.25, 0.3) is 17.0 Å². The van der Waals surface area contributed by atoms with Crippen molar-refractivity contribution in [1.29, 1.82) is 0 Å². The second-order valence-electron chi connectivity index (χ2n) is 3.77. The highest BCUT2D eigenvalue weighted by Crippen LogP contribution is 2.17. The van der Waals surface area contributed by atoms with Crippen molar-refractivity contribution in [3.05, 3.63) is 51.2 Å². The molecule has 0 aliphatic carbocycles. The Morgan fingerprint density at radius 2 is 2.12 bits per heavy atom. The fraction of sp³-hybridized carbons (Fsp3) is 0.154. The van der Waals surface area contributed by atoms with E-state index >= 15 is 0 Å². The van der Waals surface area contributed by atoms with Gasteiger partial charge in [0.05, 0.1) is 5.39 Å². The molecule has 0 fully saturated rings. The van der Waals surface area contributed by atoms with Gasteiger partial charge in [0.25, 0.3) is 0 Å². The second-order valence-corrected chi connectivity index (χ2v) is 5.04. The SMILES string of the molecule is Cc1cccc2c(=O)cc(/C=C/S(C)=O)oc12. The van der Waals surface area contributed by atoms with Gasteiger partial charge in [-0.1, -0.05) is 12.1 Å². The second kappa shape index (κ2) is 4.67. The maximum atomic E-state index is 11.8. The van der Waals surface area contributed by atoms with E-state index in [0.717, 1.165) is 5.56 Å². The van der Waals surface area contributed by atoms with Crippen LogP contribution in [0.2, 0.25) is 0 Å². The average molecular weight is 248 g/mol. The summed E-state index contributed by atoms with van der Waals surface area (Å²) in [6, 6.07) is 6.85. The highest BCUT2D eigenvalue weighted by atomic mass is 32.2. The van der Waals surface area contributed by atoms with Gasteiger partial charge < -0.3 is 4.42 Å². The van der Waals surface area contributed by atoms with E-state index in [0.29, 0.717) is 16.7 Å². The Bertz CT molecular complexity index is 668. The Labute approximate surface area is 101 Å². The summed E-state index contributed by atoms with van der Waals surface area (Å²) < 4.78 is 16.5. The first-order valence-corrected chi connectivity index (χ1v) is 6.74. The molecule has 1 aromatic heterocycles. The van der Waals surface area contributed by atoms with Crippen LogP contribution in [0.15, 0.2) is 38.9 Å². The summed E-state index contributed by atoms with van der Waals surface area (Å²) in [5.74, 6) is 0.423. The molecule has 0 aliphatic rings. The van der Waals surface area contributed by atoms with Crippen molar-refractivity contribution in [2.75, 3.05) is 6.26 Å². The van der Waals surface area contributed by atoms with Crippen LogP contribution in [-0.2, 0) is 10.8 Å². The Balaban J connectivity index is 2.66. The van der Waals surface area contributed by atoms with Gasteiger partial charge in [-0.05, 0) is 24.6 Å². The predicted molar refractivity (Wildman–Crippen MR) is 70.3 cm³/mol. The van der Waals surface area contributed by atoms with Gasteiger partial charge in [0, 0.05) is 28.5 Å². The summed E-state index contributed by atoms with van der Waals surface area (Å²) in [5, 5.41) is 2.06. The molecule has 1 unspecified atom stereocenters. The van der Waals surface area contributed by atoms with Gasteiger partial charge in [-0.2, -0.15) is 0 Å². The molecule has 3 nitrogen and oxygen atoms in total. The molecule has 88 valence electrons. The van der Waals surface area contributed by atoms with E-state index in [1.807, 2.05) is 19.1 Å². The molecule has 0 radical (unpaired) electrons. The number of benzene rings is 1. The number of hydrogen-bond acceptors (Lipinski definition) is 3. The van der Waals surface area contributed by atoms with E-state index in [2.05, 4.69) is 0 Å². The molecule has 1 atom stereocenters. The monoisotopic (exact) mass is 248 g/mol. The maximum absolute atomic E-state index is 11.8. The number of para-hydroxylation sites is 1. The Kier molecular flexibility index (Phi) is 3.24. The lowest BCUT2D eigenvalue weighted by molar-refractivity contribution is 0.588. The molecule has 0 amide bonds. The summed E-state index contributed by atoms with van der Waals surface area (Å²) in [7, 11) is -1.05. The van der Waals surface area contributed by atoms with E-state index in [-0.39, 0.29) is 5.43 Å². The van der Waals surface area contributed by atoms with Crippen LogP contribution in [0, 0.1) is 6.92 Å². The summed E-state index contributed by atoms with van der Waals surface area (Å²) in [6.45, 7) is 1.89. The Morgan fingerprint density at radius 3 is 2.82 bits per heavy atom. The number of aryl methyl sites for hydroxylation is 1. The molecular formula is C13H12O3S. The van der Waals surface area contributed by atoms with Crippen molar-refractivity contribution >= 4 is 27.8 Å². The van der Waals surface area contributed by atoms with Crippen LogP contribution in [0.5, 0.6) is 0 Å². The predicted octanol–water partition coefficient (Wildman–Crippen LogP) is 2.45. The van der Waals surface area contributed by atoms with Crippen LogP contribution in [-0.4, -0.2) is 10.5 Å². The van der Waals surface area contributed by atoms with Gasteiger partial charge in [-0.25, -0.2) is 0 Å². The molecule has 1 aromatic carbocycles. The molecular weight excluding hydrogens is 236 g/mol. The molecule has 0 saturated heterocycles. The minimum atomic E-state index is -1.05. The zero-order valence-electron chi connectivity index (χ0n) is 9.60. The molecule has 0 saturated carbocycles. The van der Waals surface area contributed by atoms with Crippen LogP contribution in [0.3, 0.4) is 0 Å². The largest absolute Gasteiger partial charge is 0.456 e. The smallest absolute Gasteiger partial charge is 0.193 e. The van der Waals surface area contributed by atoms with Gasteiger partial charge in [-0.15, -0.1) is 0 Å². The van der Waals surface area contributed by atoms with Crippen molar-refractivity contribution in [3.63, 3.8) is 0 Å². The first-order chi connectivity index (χ1) is 8.08. The molecule has 0 spiro atoms. The van der Waals surface area contributed by atoms with Gasteiger partial charge in [0.2, 0.25) is 0 Å². The number of hydrogen-bond donors (Lipinski definition) is 0. The zero-order valence-corrected chi connectivity index (χ0v) is 10.4. The molecule has 2 rings (SSSR count). The van der Waals surface area contributed by atoms with Crippen molar-refractivity contribution in [3.8, 4) is 0 Å². The lowest BCUT2D eigenvalue weighted by Gasteiger charge is -2.01. The zero-order chi connectivity index (χ0) is 12.4. The van der Waals surface area contributed by atoms with E-state index in [4.69, 9.17) is 4.42 Å². The normalized spacial score (nSPS) is 13.3. The average Bonchev–Trinajstić information content (AvgIpc) is 2.28. The Morgan fingerprint density at radius 1 is 1.35 bits per heavy atom. The molecule has 0 N–H and O–H groups in total. The fourth-order valence-corrected chi connectivity index (χ4v) is 1.91. The first kappa shape index (κ1) is 11.8. The van der Waals surface area contributed by atoms with E-state index in [1.165, 1.54) is 11.5 Å². The molecule has 0 aliphatic heterocycles. The van der Waals surface area contributed by atoms with Crippen molar-refractivity contribution in [1.82, 2.24) is 0 Å². The van der Waals surface area contributed by atoms with Crippen molar-refractivity contribution in [2.45, 2.75) is 6.92 Å². The van der Waals surface area contributed by atoms with Crippen LogP contribution in [0.1, 0.15) is 11.3 Å². The van der Waals surface area contributed by atoms with Gasteiger partial charge >= 0.3 is 0 Å². The lowest BCUT2D eigenvalue weighted by atomic mass is 10.1. The van der Waals surface area contributed by atoms with Gasteiger partial charge in [-0.3, -0.25) is 9.00 Å². The van der Waals surface area contributed by atoms with Crippen LogP contribution in [0.4, 0.5) is 0 Å². The lowest BCUT2D eigenvalue weighted by Crippen LogP contribution is -2.00. The molecule has 2 aromatic rings. The topological polar surface area (TPSA) is 47.3 Å². The Hall–Kier alpha value is -1.68. The van der Waals surface area contributed by atoms with E-state index in [1.54, 1.807) is 18.4 Å². The third kappa shape index (κ3) is 2.53. The number of rotatable bonds is 2. The first-order valence-electron chi connectivity index (χ1n) is 5.12. The summed E-state index contributed by atoms with van der Waals surface area (Å²) in [6.07, 6.45) is 3.12. The third-order valence-electron chi connectivity index (χ3n) is 2.39. The maximum Gasteiger partial charge on any atom is 0.193 e. The standard InChI is InChI=1S/C13H12O3S/c1-9-4-3-5-11-12(14)8-10(16-13(9)11)6-7-17(2)15/h3-8H,1-2H3/b7-6+. The van der Waals surface area contributed by atoms with Crippen LogP contribution < -0.4 is 5.43 Å². The quantitative estimate of drug-likeness (QED) is 0.820.